The van der Waals surface area contributed by atoms with Crippen molar-refractivity contribution in [2.45, 2.75) is 271 Å². The Morgan fingerprint density at radius 2 is 0.632 bits per heavy atom. The van der Waals surface area contributed by atoms with Gasteiger partial charge in [0.1, 0.15) is 13.2 Å². The average Bonchev–Trinajstić information content (AvgIpc) is 3.21. The molecule has 334 valence electrons. The van der Waals surface area contributed by atoms with Gasteiger partial charge in [0.2, 0.25) is 0 Å². The predicted molar refractivity (Wildman–Crippen MR) is 243 cm³/mol. The molecule has 0 N–H and O–H groups in total. The number of esters is 3. The molecule has 0 bridgehead atoms. The molecule has 0 amide bonds. The molecule has 1 atom stereocenters. The lowest BCUT2D eigenvalue weighted by molar-refractivity contribution is -0.167. The monoisotopic (exact) mass is 803 g/mol. The van der Waals surface area contributed by atoms with Gasteiger partial charge in [-0.05, 0) is 51.4 Å². The van der Waals surface area contributed by atoms with Gasteiger partial charge in [-0.25, -0.2) is 0 Å². The Morgan fingerprint density at radius 3 is 1.00 bits per heavy atom. The Kier molecular flexibility index (Phi) is 44.9. The minimum Gasteiger partial charge on any atom is -0.462 e. The van der Waals surface area contributed by atoms with E-state index in [1.165, 1.54) is 161 Å². The Bertz CT molecular complexity index is 927. The smallest absolute Gasteiger partial charge is 0.306 e. The lowest BCUT2D eigenvalue weighted by Crippen LogP contribution is -2.30. The second-order valence-corrected chi connectivity index (χ2v) is 16.7. The minimum atomic E-state index is -0.764. The SMILES string of the molecule is CCCCC/C=C\C/C=C\CCCCCCCCCCCC(=O)OC[C@@H](COC(=O)CCCCCCCCCCC)OC(=O)CCCCCCCCCCCCC. The van der Waals surface area contributed by atoms with Crippen molar-refractivity contribution in [3.05, 3.63) is 24.3 Å². The van der Waals surface area contributed by atoms with Crippen LogP contribution >= 0.6 is 0 Å². The number of hydrogen-bond donors (Lipinski definition) is 0. The van der Waals surface area contributed by atoms with Crippen molar-refractivity contribution in [3.63, 3.8) is 0 Å². The fraction of sp³-hybridized carbons (Fsp3) is 0.863. The van der Waals surface area contributed by atoms with Crippen molar-refractivity contribution in [2.24, 2.45) is 0 Å². The summed E-state index contributed by atoms with van der Waals surface area (Å²) in [6, 6.07) is 0. The van der Waals surface area contributed by atoms with Gasteiger partial charge in [-0.3, -0.25) is 14.4 Å². The van der Waals surface area contributed by atoms with Gasteiger partial charge >= 0.3 is 17.9 Å². The fourth-order valence-corrected chi connectivity index (χ4v) is 7.18. The molecule has 0 aliphatic heterocycles. The summed E-state index contributed by atoms with van der Waals surface area (Å²) in [5.41, 5.74) is 0. The molecule has 0 aromatic carbocycles. The van der Waals surface area contributed by atoms with Crippen LogP contribution in [-0.4, -0.2) is 37.2 Å². The van der Waals surface area contributed by atoms with E-state index in [9.17, 15) is 14.4 Å². The summed E-state index contributed by atoms with van der Waals surface area (Å²) >= 11 is 0. The Morgan fingerprint density at radius 1 is 0.351 bits per heavy atom. The lowest BCUT2D eigenvalue weighted by atomic mass is 10.1. The minimum absolute atomic E-state index is 0.0684. The molecule has 0 spiro atoms. The van der Waals surface area contributed by atoms with Crippen LogP contribution in [0.5, 0.6) is 0 Å². The van der Waals surface area contributed by atoms with Gasteiger partial charge in [0, 0.05) is 19.3 Å². The highest BCUT2D eigenvalue weighted by atomic mass is 16.6. The summed E-state index contributed by atoms with van der Waals surface area (Å²) in [4.78, 5) is 37.8. The number of allylic oxidation sites excluding steroid dienone is 4. The molecule has 0 fully saturated rings. The summed E-state index contributed by atoms with van der Waals surface area (Å²) in [7, 11) is 0. The van der Waals surface area contributed by atoms with E-state index in [1.54, 1.807) is 0 Å². The van der Waals surface area contributed by atoms with Gasteiger partial charge in [-0.15, -0.1) is 0 Å². The molecule has 0 saturated carbocycles. The molecule has 0 radical (unpaired) electrons. The van der Waals surface area contributed by atoms with Gasteiger partial charge < -0.3 is 14.2 Å². The van der Waals surface area contributed by atoms with Crippen LogP contribution in [0.1, 0.15) is 265 Å². The molecular weight excluding hydrogens is 709 g/mol. The van der Waals surface area contributed by atoms with Gasteiger partial charge in [-0.1, -0.05) is 218 Å². The molecule has 6 heteroatoms. The zero-order valence-electron chi connectivity index (χ0n) is 38.1. The number of unbranched alkanes of at least 4 members (excludes halogenated alkanes) is 30. The van der Waals surface area contributed by atoms with E-state index in [4.69, 9.17) is 14.2 Å². The highest BCUT2D eigenvalue weighted by Crippen LogP contribution is 2.15. The highest BCUT2D eigenvalue weighted by molar-refractivity contribution is 5.71. The van der Waals surface area contributed by atoms with Crippen LogP contribution in [-0.2, 0) is 28.6 Å². The molecule has 0 aliphatic carbocycles. The second-order valence-electron chi connectivity index (χ2n) is 16.7. The Labute approximate surface area is 353 Å². The maximum absolute atomic E-state index is 12.7. The quantitative estimate of drug-likeness (QED) is 0.0264. The Hall–Kier alpha value is -2.11. The first-order chi connectivity index (χ1) is 28.0. The van der Waals surface area contributed by atoms with Crippen LogP contribution in [0.2, 0.25) is 0 Å². The van der Waals surface area contributed by atoms with Crippen molar-refractivity contribution in [1.82, 2.24) is 0 Å². The maximum atomic E-state index is 12.7. The first-order valence-corrected chi connectivity index (χ1v) is 24.8. The zero-order chi connectivity index (χ0) is 41.5. The number of carbonyl (C=O) groups is 3. The summed E-state index contributed by atoms with van der Waals surface area (Å²) in [5.74, 6) is -0.866. The van der Waals surface area contributed by atoms with Gasteiger partial charge in [0.05, 0.1) is 0 Å². The van der Waals surface area contributed by atoms with E-state index in [2.05, 4.69) is 45.1 Å². The third-order valence-corrected chi connectivity index (χ3v) is 11.0. The molecule has 0 aromatic rings. The van der Waals surface area contributed by atoms with Crippen molar-refractivity contribution in [1.29, 1.82) is 0 Å². The van der Waals surface area contributed by atoms with Gasteiger partial charge in [0.15, 0.2) is 6.10 Å². The summed E-state index contributed by atoms with van der Waals surface area (Å²) in [6.45, 7) is 6.60. The van der Waals surface area contributed by atoms with Gasteiger partial charge in [-0.2, -0.15) is 0 Å². The van der Waals surface area contributed by atoms with E-state index in [-0.39, 0.29) is 31.1 Å². The van der Waals surface area contributed by atoms with Crippen LogP contribution in [0.4, 0.5) is 0 Å². The average molecular weight is 803 g/mol. The molecule has 0 aromatic heterocycles. The maximum Gasteiger partial charge on any atom is 0.306 e. The van der Waals surface area contributed by atoms with Crippen LogP contribution in [0, 0.1) is 0 Å². The number of carbonyl (C=O) groups excluding carboxylic acids is 3. The van der Waals surface area contributed by atoms with E-state index >= 15 is 0 Å². The third-order valence-electron chi connectivity index (χ3n) is 11.0. The van der Waals surface area contributed by atoms with Crippen LogP contribution in [0.15, 0.2) is 24.3 Å². The molecule has 6 nitrogen and oxygen atoms in total. The van der Waals surface area contributed by atoms with E-state index < -0.39 is 6.10 Å². The van der Waals surface area contributed by atoms with Crippen molar-refractivity contribution in [3.8, 4) is 0 Å². The first-order valence-electron chi connectivity index (χ1n) is 24.8. The topological polar surface area (TPSA) is 78.9 Å². The number of ether oxygens (including phenoxy) is 3. The molecule has 0 saturated heterocycles. The van der Waals surface area contributed by atoms with Gasteiger partial charge in [0.25, 0.3) is 0 Å². The van der Waals surface area contributed by atoms with Crippen LogP contribution in [0.3, 0.4) is 0 Å². The van der Waals surface area contributed by atoms with E-state index in [0.29, 0.717) is 19.3 Å². The first kappa shape index (κ1) is 54.9. The lowest BCUT2D eigenvalue weighted by Gasteiger charge is -2.18. The summed E-state index contributed by atoms with van der Waals surface area (Å²) in [6.07, 6.45) is 51.6. The number of hydrogen-bond acceptors (Lipinski definition) is 6. The molecule has 0 rings (SSSR count). The highest BCUT2D eigenvalue weighted by Gasteiger charge is 2.19. The molecule has 0 heterocycles. The molecule has 0 aliphatic rings. The zero-order valence-corrected chi connectivity index (χ0v) is 38.1. The fourth-order valence-electron chi connectivity index (χ4n) is 7.18. The van der Waals surface area contributed by atoms with E-state index in [1.807, 2.05) is 0 Å². The molecule has 0 unspecified atom stereocenters. The van der Waals surface area contributed by atoms with Crippen LogP contribution in [0.25, 0.3) is 0 Å². The second kappa shape index (κ2) is 46.6. The van der Waals surface area contributed by atoms with Crippen molar-refractivity contribution < 1.29 is 28.6 Å². The normalized spacial score (nSPS) is 12.1. The standard InChI is InChI=1S/C51H94O6/c1-4-7-10-13-16-19-21-22-23-24-25-26-27-28-30-32-35-38-41-44-50(53)56-47-48(46-55-49(52)43-40-37-34-31-18-15-12-9-6-3)57-51(54)45-42-39-36-33-29-20-17-14-11-8-5-2/h16,19,22-23,48H,4-15,17-18,20-21,24-47H2,1-3H3/b19-16-,23-22-/t48-/m1/s1. The van der Waals surface area contributed by atoms with Crippen molar-refractivity contribution in [2.75, 3.05) is 13.2 Å². The van der Waals surface area contributed by atoms with Crippen molar-refractivity contribution >= 4 is 17.9 Å². The summed E-state index contributed by atoms with van der Waals surface area (Å²) in [5, 5.41) is 0. The summed E-state index contributed by atoms with van der Waals surface area (Å²) < 4.78 is 16.7. The third kappa shape index (κ3) is 44.8. The molecule has 57 heavy (non-hydrogen) atoms. The predicted octanol–water partition coefficient (Wildman–Crippen LogP) is 16.0. The largest absolute Gasteiger partial charge is 0.462 e. The van der Waals surface area contributed by atoms with Crippen LogP contribution < -0.4 is 0 Å². The molecular formula is C51H94O6. The Balaban J connectivity index is 4.25. The number of rotatable bonds is 45. The van der Waals surface area contributed by atoms with E-state index in [0.717, 1.165) is 64.2 Å².